The monoisotopic (exact) mass is 223 g/mol. The van der Waals surface area contributed by atoms with Crippen LogP contribution in [0.3, 0.4) is 0 Å². The maximum Gasteiger partial charge on any atom is 0.134 e. The van der Waals surface area contributed by atoms with Crippen molar-refractivity contribution in [1.29, 1.82) is 0 Å². The Morgan fingerprint density at radius 2 is 1.87 bits per heavy atom. The van der Waals surface area contributed by atoms with E-state index < -0.39 is 0 Å². The summed E-state index contributed by atoms with van der Waals surface area (Å²) in [4.78, 5) is 0. The van der Waals surface area contributed by atoms with Gasteiger partial charge < -0.3 is 10.8 Å². The molecular weight excluding hydrogens is 210 g/mol. The van der Waals surface area contributed by atoms with Gasteiger partial charge in [0.05, 0.1) is 5.02 Å². The summed E-state index contributed by atoms with van der Waals surface area (Å²) in [6.45, 7) is 0. The normalized spacial score (nSPS) is 24.9. The fourth-order valence-corrected chi connectivity index (χ4v) is 2.80. The molecule has 0 bridgehead atoms. The van der Waals surface area contributed by atoms with Crippen LogP contribution in [0.5, 0.6) is 5.75 Å². The second kappa shape index (κ2) is 2.69. The van der Waals surface area contributed by atoms with Gasteiger partial charge in [0.1, 0.15) is 5.75 Å². The highest BCUT2D eigenvalue weighted by Crippen LogP contribution is 2.63. The van der Waals surface area contributed by atoms with E-state index in [1.54, 1.807) is 6.07 Å². The molecule has 2 fully saturated rings. The molecule has 2 saturated carbocycles. The first-order chi connectivity index (χ1) is 7.07. The number of halogens is 1. The second-order valence-corrected chi connectivity index (χ2v) is 5.31. The van der Waals surface area contributed by atoms with E-state index in [0.717, 1.165) is 25.7 Å². The number of aromatic hydroxyl groups is 1. The second-order valence-electron chi connectivity index (χ2n) is 4.90. The van der Waals surface area contributed by atoms with Gasteiger partial charge in [-0.05, 0) is 43.4 Å². The molecule has 0 saturated heterocycles. The summed E-state index contributed by atoms with van der Waals surface area (Å²) in [6, 6.07) is 5.50. The van der Waals surface area contributed by atoms with Gasteiger partial charge in [0.25, 0.3) is 0 Å². The molecule has 3 N–H and O–H groups in total. The molecule has 80 valence electrons. The minimum Gasteiger partial charge on any atom is -0.506 e. The first-order valence-electron chi connectivity index (χ1n) is 5.35. The molecule has 3 rings (SSSR count). The number of rotatable bonds is 2. The van der Waals surface area contributed by atoms with Crippen LogP contribution < -0.4 is 5.73 Å². The first-order valence-corrected chi connectivity index (χ1v) is 5.73. The van der Waals surface area contributed by atoms with Crippen molar-refractivity contribution in [3.05, 3.63) is 28.8 Å². The topological polar surface area (TPSA) is 46.2 Å². The van der Waals surface area contributed by atoms with Gasteiger partial charge in [-0.15, -0.1) is 0 Å². The maximum atomic E-state index is 9.39. The third kappa shape index (κ3) is 1.21. The predicted molar refractivity (Wildman–Crippen MR) is 60.2 cm³/mol. The highest BCUT2D eigenvalue weighted by Gasteiger charge is 2.64. The lowest BCUT2D eigenvalue weighted by Crippen LogP contribution is -2.37. The Morgan fingerprint density at radius 1 is 1.20 bits per heavy atom. The molecule has 1 aromatic carbocycles. The standard InChI is InChI=1S/C12H14ClNO/c13-9-7-8(1-2-10(9)15)11(3-4-11)12(14)5-6-12/h1-2,7,15H,3-6,14H2. The van der Waals surface area contributed by atoms with Crippen LogP contribution in [-0.2, 0) is 5.41 Å². The molecule has 0 heterocycles. The molecule has 2 aliphatic rings. The number of hydrogen-bond acceptors (Lipinski definition) is 2. The van der Waals surface area contributed by atoms with Crippen molar-refractivity contribution in [1.82, 2.24) is 0 Å². The maximum absolute atomic E-state index is 9.39. The van der Waals surface area contributed by atoms with Crippen molar-refractivity contribution in [2.24, 2.45) is 5.73 Å². The quantitative estimate of drug-likeness (QED) is 0.810. The Balaban J connectivity index is 2.03. The van der Waals surface area contributed by atoms with E-state index >= 15 is 0 Å². The highest BCUT2D eigenvalue weighted by molar-refractivity contribution is 6.32. The summed E-state index contributed by atoms with van der Waals surface area (Å²) in [7, 11) is 0. The van der Waals surface area contributed by atoms with E-state index in [2.05, 4.69) is 0 Å². The van der Waals surface area contributed by atoms with Crippen LogP contribution in [0.1, 0.15) is 31.2 Å². The summed E-state index contributed by atoms with van der Waals surface area (Å²) in [5, 5.41) is 9.82. The van der Waals surface area contributed by atoms with Crippen LogP contribution in [0, 0.1) is 0 Å². The number of hydrogen-bond donors (Lipinski definition) is 2. The fraction of sp³-hybridized carbons (Fsp3) is 0.500. The molecule has 0 aromatic heterocycles. The van der Waals surface area contributed by atoms with Crippen LogP contribution in [0.4, 0.5) is 0 Å². The van der Waals surface area contributed by atoms with E-state index in [4.69, 9.17) is 17.3 Å². The predicted octanol–water partition coefficient (Wildman–Crippen LogP) is 2.57. The van der Waals surface area contributed by atoms with Crippen molar-refractivity contribution in [2.45, 2.75) is 36.6 Å². The number of benzene rings is 1. The summed E-state index contributed by atoms with van der Waals surface area (Å²) in [5.74, 6) is 0.151. The van der Waals surface area contributed by atoms with Crippen molar-refractivity contribution in [2.75, 3.05) is 0 Å². The molecule has 0 atom stereocenters. The van der Waals surface area contributed by atoms with Gasteiger partial charge in [0.15, 0.2) is 0 Å². The number of phenols is 1. The number of nitrogens with two attached hydrogens (primary N) is 1. The Kier molecular flexibility index (Phi) is 1.70. The van der Waals surface area contributed by atoms with Gasteiger partial charge in [-0.25, -0.2) is 0 Å². The van der Waals surface area contributed by atoms with Gasteiger partial charge >= 0.3 is 0 Å². The molecule has 0 unspecified atom stereocenters. The van der Waals surface area contributed by atoms with E-state index in [9.17, 15) is 5.11 Å². The minimum absolute atomic E-state index is 0.00724. The summed E-state index contributed by atoms with van der Waals surface area (Å²) in [5.41, 5.74) is 7.67. The van der Waals surface area contributed by atoms with Gasteiger partial charge in [0, 0.05) is 11.0 Å². The zero-order valence-corrected chi connectivity index (χ0v) is 9.22. The summed E-state index contributed by atoms with van der Waals surface area (Å²) >= 11 is 5.93. The Bertz CT molecular complexity index is 422. The average Bonchev–Trinajstić information content (AvgIpc) is 3.05. The molecular formula is C12H14ClNO. The van der Waals surface area contributed by atoms with Gasteiger partial charge in [-0.2, -0.15) is 0 Å². The first kappa shape index (κ1) is 9.49. The van der Waals surface area contributed by atoms with Crippen molar-refractivity contribution >= 4 is 11.6 Å². The van der Waals surface area contributed by atoms with Gasteiger partial charge in [0.2, 0.25) is 0 Å². The van der Waals surface area contributed by atoms with Gasteiger partial charge in [-0.1, -0.05) is 17.7 Å². The lowest BCUT2D eigenvalue weighted by molar-refractivity contribution is 0.472. The Labute approximate surface area is 94.0 Å². The lowest BCUT2D eigenvalue weighted by Gasteiger charge is -2.23. The Morgan fingerprint density at radius 3 is 2.33 bits per heavy atom. The zero-order valence-electron chi connectivity index (χ0n) is 8.46. The van der Waals surface area contributed by atoms with E-state index in [-0.39, 0.29) is 16.7 Å². The van der Waals surface area contributed by atoms with Crippen molar-refractivity contribution in [3.8, 4) is 5.75 Å². The molecule has 2 aliphatic carbocycles. The fourth-order valence-electron chi connectivity index (χ4n) is 2.62. The molecule has 0 radical (unpaired) electrons. The SMILES string of the molecule is NC1(C2(c3ccc(O)c(Cl)c3)CC2)CC1. The van der Waals surface area contributed by atoms with Crippen LogP contribution in [0.2, 0.25) is 5.02 Å². The van der Waals surface area contributed by atoms with Crippen LogP contribution in [-0.4, -0.2) is 10.6 Å². The van der Waals surface area contributed by atoms with E-state index in [0.29, 0.717) is 5.02 Å². The third-order valence-electron chi connectivity index (χ3n) is 3.99. The van der Waals surface area contributed by atoms with Crippen LogP contribution in [0.15, 0.2) is 18.2 Å². The summed E-state index contributed by atoms with van der Waals surface area (Å²) < 4.78 is 0. The van der Waals surface area contributed by atoms with Crippen molar-refractivity contribution in [3.63, 3.8) is 0 Å². The molecule has 0 amide bonds. The Hall–Kier alpha value is -0.730. The zero-order chi connectivity index (χ0) is 10.7. The molecule has 2 nitrogen and oxygen atoms in total. The van der Waals surface area contributed by atoms with Crippen LogP contribution in [0.25, 0.3) is 0 Å². The lowest BCUT2D eigenvalue weighted by atomic mass is 9.86. The molecule has 0 spiro atoms. The molecule has 3 heteroatoms. The van der Waals surface area contributed by atoms with Gasteiger partial charge in [-0.3, -0.25) is 0 Å². The smallest absolute Gasteiger partial charge is 0.134 e. The van der Waals surface area contributed by atoms with E-state index in [1.807, 2.05) is 12.1 Å². The van der Waals surface area contributed by atoms with Crippen molar-refractivity contribution < 1.29 is 5.11 Å². The average molecular weight is 224 g/mol. The minimum atomic E-state index is 0.00724. The summed E-state index contributed by atoms with van der Waals surface area (Å²) in [6.07, 6.45) is 4.55. The van der Waals surface area contributed by atoms with Crippen LogP contribution >= 0.6 is 11.6 Å². The highest BCUT2D eigenvalue weighted by atomic mass is 35.5. The molecule has 15 heavy (non-hydrogen) atoms. The molecule has 0 aliphatic heterocycles. The third-order valence-corrected chi connectivity index (χ3v) is 4.29. The molecule has 1 aromatic rings. The largest absolute Gasteiger partial charge is 0.506 e. The van der Waals surface area contributed by atoms with E-state index in [1.165, 1.54) is 5.56 Å². The number of phenolic OH excluding ortho intramolecular Hbond substituents is 1.